The van der Waals surface area contributed by atoms with Crippen LogP contribution >= 0.6 is 0 Å². The second kappa shape index (κ2) is 6.08. The van der Waals surface area contributed by atoms with Gasteiger partial charge in [-0.25, -0.2) is 4.98 Å². The Morgan fingerprint density at radius 2 is 1.09 bits per heavy atom. The van der Waals surface area contributed by atoms with E-state index in [1.165, 1.54) is 54.0 Å². The molecule has 0 saturated heterocycles. The van der Waals surface area contributed by atoms with Crippen LogP contribution in [-0.4, -0.2) is 9.38 Å². The van der Waals surface area contributed by atoms with E-state index < -0.39 is 0 Å². The van der Waals surface area contributed by atoms with Gasteiger partial charge >= 0.3 is 0 Å². The molecule has 2 nitrogen and oxygen atoms in total. The smallest absolute Gasteiger partial charge is 0.146 e. The zero-order chi connectivity index (χ0) is 21.5. The van der Waals surface area contributed by atoms with Gasteiger partial charge in [0, 0.05) is 21.5 Å². The lowest BCUT2D eigenvalue weighted by molar-refractivity contribution is 1.33. The van der Waals surface area contributed by atoms with Crippen molar-refractivity contribution >= 4 is 70.7 Å². The SMILES string of the molecule is c1ccc2c(c1)ccc1c2c2c3ccccc3c3ccccc3c2n2c3ccccc3nc12. The summed E-state index contributed by atoms with van der Waals surface area (Å²) in [7, 11) is 0. The van der Waals surface area contributed by atoms with Gasteiger partial charge < -0.3 is 0 Å². The Bertz CT molecular complexity index is 2080. The summed E-state index contributed by atoms with van der Waals surface area (Å²) in [5.41, 5.74) is 4.42. The van der Waals surface area contributed by atoms with Crippen molar-refractivity contribution in [3.8, 4) is 0 Å². The van der Waals surface area contributed by atoms with Gasteiger partial charge in [-0.1, -0.05) is 91.0 Å². The summed E-state index contributed by atoms with van der Waals surface area (Å²) < 4.78 is 2.39. The molecule has 2 heterocycles. The molecule has 0 amide bonds. The molecule has 0 aliphatic heterocycles. The lowest BCUT2D eigenvalue weighted by Gasteiger charge is -2.16. The largest absolute Gasteiger partial charge is 0.291 e. The molecule has 0 N–H and O–H groups in total. The maximum Gasteiger partial charge on any atom is 0.146 e. The third-order valence-corrected chi connectivity index (χ3v) is 7.11. The number of rotatable bonds is 0. The van der Waals surface area contributed by atoms with Gasteiger partial charge in [0.15, 0.2) is 0 Å². The number of fused-ring (bicyclic) bond motifs is 15. The first kappa shape index (κ1) is 17.2. The van der Waals surface area contributed by atoms with Crippen LogP contribution in [0.2, 0.25) is 0 Å². The quantitative estimate of drug-likeness (QED) is 0.227. The molecule has 0 saturated carbocycles. The first-order valence-electron chi connectivity index (χ1n) is 11.3. The number of hydrogen-bond donors (Lipinski definition) is 0. The van der Waals surface area contributed by atoms with Crippen molar-refractivity contribution in [3.63, 3.8) is 0 Å². The fourth-order valence-corrected chi connectivity index (χ4v) is 5.77. The summed E-state index contributed by atoms with van der Waals surface area (Å²) in [6.07, 6.45) is 0. The van der Waals surface area contributed by atoms with Crippen LogP contribution in [-0.2, 0) is 0 Å². The van der Waals surface area contributed by atoms with Gasteiger partial charge in [-0.2, -0.15) is 0 Å². The summed E-state index contributed by atoms with van der Waals surface area (Å²) >= 11 is 0. The van der Waals surface area contributed by atoms with E-state index in [0.717, 1.165) is 16.7 Å². The van der Waals surface area contributed by atoms with Crippen molar-refractivity contribution in [2.24, 2.45) is 0 Å². The van der Waals surface area contributed by atoms with E-state index >= 15 is 0 Å². The van der Waals surface area contributed by atoms with Crippen LogP contribution in [0, 0.1) is 0 Å². The molecular formula is C31H18N2. The fraction of sp³-hybridized carbons (Fsp3) is 0. The maximum absolute atomic E-state index is 5.15. The number of imidazole rings is 1. The summed E-state index contributed by atoms with van der Waals surface area (Å²) in [6.45, 7) is 0. The van der Waals surface area contributed by atoms with Crippen molar-refractivity contribution in [2.45, 2.75) is 0 Å². The molecular weight excluding hydrogens is 400 g/mol. The Labute approximate surface area is 189 Å². The van der Waals surface area contributed by atoms with Crippen LogP contribution in [0.3, 0.4) is 0 Å². The van der Waals surface area contributed by atoms with Crippen LogP contribution in [0.5, 0.6) is 0 Å². The molecule has 0 aliphatic carbocycles. The molecule has 2 aromatic heterocycles. The van der Waals surface area contributed by atoms with Gasteiger partial charge in [-0.15, -0.1) is 0 Å². The van der Waals surface area contributed by atoms with Gasteiger partial charge in [-0.05, 0) is 45.1 Å². The number of hydrogen-bond acceptors (Lipinski definition) is 1. The monoisotopic (exact) mass is 418 g/mol. The Kier molecular flexibility index (Phi) is 3.16. The lowest BCUT2D eigenvalue weighted by Crippen LogP contribution is -1.95. The number of para-hydroxylation sites is 2. The van der Waals surface area contributed by atoms with E-state index in [-0.39, 0.29) is 0 Å². The minimum absolute atomic E-state index is 1.02. The minimum atomic E-state index is 1.02. The normalized spacial score (nSPS) is 12.2. The third-order valence-electron chi connectivity index (χ3n) is 7.11. The average molecular weight is 418 g/mol. The first-order valence-corrected chi connectivity index (χ1v) is 11.3. The second-order valence-electron chi connectivity index (χ2n) is 8.78. The zero-order valence-electron chi connectivity index (χ0n) is 17.8. The van der Waals surface area contributed by atoms with Crippen molar-refractivity contribution in [2.75, 3.05) is 0 Å². The average Bonchev–Trinajstić information content (AvgIpc) is 3.28. The van der Waals surface area contributed by atoms with E-state index in [2.05, 4.69) is 114 Å². The highest BCUT2D eigenvalue weighted by atomic mass is 15.0. The van der Waals surface area contributed by atoms with E-state index in [1.807, 2.05) is 0 Å². The van der Waals surface area contributed by atoms with E-state index in [1.54, 1.807) is 0 Å². The molecule has 6 aromatic carbocycles. The van der Waals surface area contributed by atoms with Crippen LogP contribution in [0.25, 0.3) is 70.7 Å². The van der Waals surface area contributed by atoms with E-state index in [4.69, 9.17) is 4.98 Å². The molecule has 8 aromatic rings. The van der Waals surface area contributed by atoms with Crippen molar-refractivity contribution in [1.29, 1.82) is 0 Å². The molecule has 0 spiro atoms. The number of pyridine rings is 1. The molecule has 33 heavy (non-hydrogen) atoms. The number of aromatic nitrogens is 2. The molecule has 2 heteroatoms. The van der Waals surface area contributed by atoms with Gasteiger partial charge in [0.1, 0.15) is 5.65 Å². The molecule has 0 aliphatic rings. The van der Waals surface area contributed by atoms with Crippen molar-refractivity contribution in [3.05, 3.63) is 109 Å². The lowest BCUT2D eigenvalue weighted by atomic mass is 9.91. The molecule has 0 fully saturated rings. The molecule has 0 unspecified atom stereocenters. The van der Waals surface area contributed by atoms with Gasteiger partial charge in [0.2, 0.25) is 0 Å². The van der Waals surface area contributed by atoms with Crippen LogP contribution < -0.4 is 0 Å². The molecule has 0 bridgehead atoms. The third kappa shape index (κ3) is 2.10. The van der Waals surface area contributed by atoms with Gasteiger partial charge in [0.25, 0.3) is 0 Å². The summed E-state index contributed by atoms with van der Waals surface area (Å²) in [5.74, 6) is 0. The highest BCUT2D eigenvalue weighted by Gasteiger charge is 2.19. The van der Waals surface area contributed by atoms with Gasteiger partial charge in [0.05, 0.1) is 16.6 Å². The topological polar surface area (TPSA) is 17.3 Å². The molecule has 0 radical (unpaired) electrons. The predicted octanol–water partition coefficient (Wildman–Crippen LogP) is 8.25. The van der Waals surface area contributed by atoms with Crippen molar-refractivity contribution < 1.29 is 0 Å². The predicted molar refractivity (Wildman–Crippen MR) is 140 cm³/mol. The van der Waals surface area contributed by atoms with Crippen LogP contribution in [0.1, 0.15) is 0 Å². The zero-order valence-corrected chi connectivity index (χ0v) is 17.8. The molecule has 0 atom stereocenters. The summed E-state index contributed by atoms with van der Waals surface area (Å²) in [6, 6.07) is 39.3. The minimum Gasteiger partial charge on any atom is -0.291 e. The highest BCUT2D eigenvalue weighted by Crippen LogP contribution is 2.43. The standard InChI is InChI=1S/C31H18N2/c1-2-10-20-19(9-1)17-18-25-28(20)29-23-13-5-3-11-21(23)22-12-4-6-14-24(22)30(29)33-27-16-8-7-15-26(27)32-31(25)33/h1-18H. The summed E-state index contributed by atoms with van der Waals surface area (Å²) in [4.78, 5) is 5.15. The van der Waals surface area contributed by atoms with E-state index in [9.17, 15) is 0 Å². The fourth-order valence-electron chi connectivity index (χ4n) is 5.77. The van der Waals surface area contributed by atoms with Crippen molar-refractivity contribution in [1.82, 2.24) is 9.38 Å². The van der Waals surface area contributed by atoms with E-state index in [0.29, 0.717) is 0 Å². The van der Waals surface area contributed by atoms with Crippen LogP contribution in [0.4, 0.5) is 0 Å². The number of benzene rings is 6. The number of nitrogens with zero attached hydrogens (tertiary/aromatic N) is 2. The van der Waals surface area contributed by atoms with Crippen LogP contribution in [0.15, 0.2) is 109 Å². The summed E-state index contributed by atoms with van der Waals surface area (Å²) in [5, 5.41) is 11.4. The molecule has 8 rings (SSSR count). The Morgan fingerprint density at radius 3 is 1.94 bits per heavy atom. The second-order valence-corrected chi connectivity index (χ2v) is 8.78. The maximum atomic E-state index is 5.15. The Balaban J connectivity index is 1.89. The Morgan fingerprint density at radius 1 is 0.455 bits per heavy atom. The Hall–Kier alpha value is -4.43. The highest BCUT2D eigenvalue weighted by molar-refractivity contribution is 6.36. The molecule has 152 valence electrons. The first-order chi connectivity index (χ1) is 16.4. The van der Waals surface area contributed by atoms with Gasteiger partial charge in [-0.3, -0.25) is 4.40 Å².